The van der Waals surface area contributed by atoms with E-state index in [-0.39, 0.29) is 5.88 Å². The largest absolute Gasteiger partial charge is 0.438 e. The van der Waals surface area contributed by atoms with Gasteiger partial charge in [0.05, 0.1) is 0 Å². The zero-order valence-corrected chi connectivity index (χ0v) is 12.3. The molecule has 0 saturated heterocycles. The van der Waals surface area contributed by atoms with E-state index in [0.29, 0.717) is 5.75 Å². The topological polar surface area (TPSA) is 35.0 Å². The first-order valence-corrected chi connectivity index (χ1v) is 6.42. The predicted molar refractivity (Wildman–Crippen MR) is 72.8 cm³/mol. The monoisotopic (exact) mass is 316 g/mol. The summed E-state index contributed by atoms with van der Waals surface area (Å²) >= 11 is 5.53. The molecule has 0 aliphatic heterocycles. The van der Waals surface area contributed by atoms with Crippen molar-refractivity contribution in [3.8, 4) is 11.6 Å². The van der Waals surface area contributed by atoms with Gasteiger partial charge in [0.2, 0.25) is 11.2 Å². The quantitative estimate of drug-likeness (QED) is 0.742. The summed E-state index contributed by atoms with van der Waals surface area (Å²) in [5.41, 5.74) is 1.45. The highest BCUT2D eigenvalue weighted by molar-refractivity contribution is 6.28. The molecule has 0 spiro atoms. The van der Waals surface area contributed by atoms with E-state index >= 15 is 0 Å². The third kappa shape index (κ3) is 3.44. The number of nitrogens with zero attached hydrogens (tertiary/aromatic N) is 2. The molecule has 0 radical (unpaired) electrons. The molecule has 0 amide bonds. The Bertz CT molecular complexity index is 687. The van der Waals surface area contributed by atoms with Crippen LogP contribution in [0.3, 0.4) is 0 Å². The lowest BCUT2D eigenvalue weighted by molar-refractivity contribution is -0.141. The fraction of sp³-hybridized carbons (Fsp3) is 0.286. The molecule has 1 aromatic heterocycles. The number of rotatable bonds is 2. The maximum absolute atomic E-state index is 12.7. The van der Waals surface area contributed by atoms with Crippen LogP contribution in [0.25, 0.3) is 0 Å². The average Bonchev–Trinajstić information content (AvgIpc) is 2.38. The van der Waals surface area contributed by atoms with Crippen LogP contribution >= 0.6 is 11.6 Å². The molecule has 0 unspecified atom stereocenters. The molecule has 112 valence electrons. The zero-order chi connectivity index (χ0) is 15.8. The Morgan fingerprint density at radius 3 is 2.29 bits per heavy atom. The first-order chi connectivity index (χ1) is 9.68. The van der Waals surface area contributed by atoms with Gasteiger partial charge in [-0.2, -0.15) is 18.2 Å². The molecule has 7 heteroatoms. The Hall–Kier alpha value is -1.82. The van der Waals surface area contributed by atoms with Gasteiger partial charge in [0.25, 0.3) is 0 Å². The van der Waals surface area contributed by atoms with Crippen LogP contribution in [0.15, 0.2) is 18.2 Å². The molecule has 2 aromatic rings. The molecule has 0 fully saturated rings. The summed E-state index contributed by atoms with van der Waals surface area (Å²) in [6.07, 6.45) is -4.61. The lowest BCUT2D eigenvalue weighted by atomic mass is 10.1. The number of hydrogen-bond donors (Lipinski definition) is 0. The molecule has 0 saturated carbocycles. The Labute approximate surface area is 124 Å². The number of benzene rings is 1. The van der Waals surface area contributed by atoms with Gasteiger partial charge in [0.15, 0.2) is 5.69 Å². The summed E-state index contributed by atoms with van der Waals surface area (Å²) in [4.78, 5) is 6.85. The third-order valence-corrected chi connectivity index (χ3v) is 3.22. The highest BCUT2D eigenvalue weighted by Crippen LogP contribution is 2.34. The van der Waals surface area contributed by atoms with E-state index in [1.807, 2.05) is 26.0 Å². The van der Waals surface area contributed by atoms with Crippen LogP contribution in [0.1, 0.15) is 22.4 Å². The number of aryl methyl sites for hydroxylation is 2. The minimum absolute atomic E-state index is 0.237. The minimum Gasteiger partial charge on any atom is -0.438 e. The standard InChI is InChI=1S/C14H12ClF3N2O/c1-7-4-5-8(2)12(9(7)3)21-11-6-10(14(16,17)18)19-13(15)20-11/h4-6H,1-3H3. The van der Waals surface area contributed by atoms with Crippen molar-refractivity contribution in [1.29, 1.82) is 0 Å². The maximum atomic E-state index is 12.7. The molecule has 3 nitrogen and oxygen atoms in total. The van der Waals surface area contributed by atoms with Crippen molar-refractivity contribution in [1.82, 2.24) is 9.97 Å². The fourth-order valence-corrected chi connectivity index (χ4v) is 1.96. The van der Waals surface area contributed by atoms with Gasteiger partial charge >= 0.3 is 6.18 Å². The van der Waals surface area contributed by atoms with Gasteiger partial charge in [-0.1, -0.05) is 12.1 Å². The van der Waals surface area contributed by atoms with Gasteiger partial charge in [-0.25, -0.2) is 4.98 Å². The molecular weight excluding hydrogens is 305 g/mol. The Kier molecular flexibility index (Phi) is 4.09. The minimum atomic E-state index is -4.61. The van der Waals surface area contributed by atoms with Crippen molar-refractivity contribution in [3.05, 3.63) is 45.9 Å². The first kappa shape index (κ1) is 15.6. The summed E-state index contributed by atoms with van der Waals surface area (Å²) in [5, 5.41) is -0.511. The second-order valence-corrected chi connectivity index (χ2v) is 4.95. The Morgan fingerprint density at radius 2 is 1.67 bits per heavy atom. The van der Waals surface area contributed by atoms with Crippen LogP contribution in [0.2, 0.25) is 5.28 Å². The van der Waals surface area contributed by atoms with Crippen molar-refractivity contribution in [2.75, 3.05) is 0 Å². The predicted octanol–water partition coefficient (Wildman–Crippen LogP) is 4.87. The van der Waals surface area contributed by atoms with Gasteiger partial charge in [-0.05, 0) is 49.1 Å². The van der Waals surface area contributed by atoms with Crippen LogP contribution < -0.4 is 4.74 Å². The number of aromatic nitrogens is 2. The average molecular weight is 317 g/mol. The van der Waals surface area contributed by atoms with Crippen LogP contribution in [0.5, 0.6) is 11.6 Å². The van der Waals surface area contributed by atoms with E-state index in [9.17, 15) is 13.2 Å². The molecule has 0 aliphatic rings. The van der Waals surface area contributed by atoms with Gasteiger partial charge in [-0.15, -0.1) is 0 Å². The first-order valence-electron chi connectivity index (χ1n) is 6.05. The molecule has 0 atom stereocenters. The number of halogens is 4. The van der Waals surface area contributed by atoms with Gasteiger partial charge < -0.3 is 4.74 Å². The maximum Gasteiger partial charge on any atom is 0.433 e. The number of alkyl halides is 3. The summed E-state index contributed by atoms with van der Waals surface area (Å²) in [5.74, 6) is 0.233. The fourth-order valence-electron chi connectivity index (χ4n) is 1.78. The van der Waals surface area contributed by atoms with Crippen LogP contribution in [0, 0.1) is 20.8 Å². The van der Waals surface area contributed by atoms with Crippen molar-refractivity contribution in [2.45, 2.75) is 26.9 Å². The normalized spacial score (nSPS) is 11.6. The summed E-state index contributed by atoms with van der Waals surface area (Å²) in [6.45, 7) is 5.51. The third-order valence-electron chi connectivity index (χ3n) is 3.05. The van der Waals surface area contributed by atoms with Gasteiger partial charge in [0.1, 0.15) is 5.75 Å². The van der Waals surface area contributed by atoms with Crippen LogP contribution in [-0.4, -0.2) is 9.97 Å². The van der Waals surface area contributed by atoms with Crippen molar-refractivity contribution in [2.24, 2.45) is 0 Å². The highest BCUT2D eigenvalue weighted by atomic mass is 35.5. The molecule has 2 rings (SSSR count). The summed E-state index contributed by atoms with van der Waals surface area (Å²) in [6, 6.07) is 4.46. The van der Waals surface area contributed by atoms with E-state index in [1.54, 1.807) is 6.92 Å². The number of hydrogen-bond acceptors (Lipinski definition) is 3. The molecule has 0 aliphatic carbocycles. The highest BCUT2D eigenvalue weighted by Gasteiger charge is 2.34. The second kappa shape index (κ2) is 5.52. The Balaban J connectivity index is 2.46. The van der Waals surface area contributed by atoms with E-state index < -0.39 is 17.2 Å². The molecule has 0 N–H and O–H groups in total. The van der Waals surface area contributed by atoms with E-state index in [4.69, 9.17) is 16.3 Å². The van der Waals surface area contributed by atoms with E-state index in [2.05, 4.69) is 9.97 Å². The van der Waals surface area contributed by atoms with Crippen LogP contribution in [-0.2, 0) is 6.18 Å². The molecule has 1 aromatic carbocycles. The second-order valence-electron chi connectivity index (χ2n) is 4.61. The summed E-state index contributed by atoms with van der Waals surface area (Å²) < 4.78 is 43.6. The van der Waals surface area contributed by atoms with Gasteiger partial charge in [0, 0.05) is 6.07 Å². The lowest BCUT2D eigenvalue weighted by Crippen LogP contribution is -2.09. The van der Waals surface area contributed by atoms with E-state index in [0.717, 1.165) is 22.8 Å². The Morgan fingerprint density at radius 1 is 1.05 bits per heavy atom. The number of ether oxygens (including phenoxy) is 1. The molecule has 1 heterocycles. The molecule has 21 heavy (non-hydrogen) atoms. The smallest absolute Gasteiger partial charge is 0.433 e. The molecule has 0 bridgehead atoms. The van der Waals surface area contributed by atoms with Gasteiger partial charge in [-0.3, -0.25) is 0 Å². The van der Waals surface area contributed by atoms with Crippen LogP contribution in [0.4, 0.5) is 13.2 Å². The lowest BCUT2D eigenvalue weighted by Gasteiger charge is -2.14. The van der Waals surface area contributed by atoms with E-state index in [1.165, 1.54) is 0 Å². The summed E-state index contributed by atoms with van der Waals surface area (Å²) in [7, 11) is 0. The van der Waals surface area contributed by atoms with Crippen molar-refractivity contribution in [3.63, 3.8) is 0 Å². The molecular formula is C14H12ClF3N2O. The van der Waals surface area contributed by atoms with Crippen molar-refractivity contribution < 1.29 is 17.9 Å². The zero-order valence-electron chi connectivity index (χ0n) is 11.5. The van der Waals surface area contributed by atoms with Crippen molar-refractivity contribution >= 4 is 11.6 Å². The SMILES string of the molecule is Cc1ccc(C)c(Oc2cc(C(F)(F)F)nc(Cl)n2)c1C.